The Hall–Kier alpha value is -1.49. The number of esters is 1. The van der Waals surface area contributed by atoms with Crippen LogP contribution in [0.15, 0.2) is 24.3 Å². The zero-order valence-electron chi connectivity index (χ0n) is 7.51. The Morgan fingerprint density at radius 2 is 2.29 bits per heavy atom. The van der Waals surface area contributed by atoms with E-state index in [9.17, 15) is 9.59 Å². The van der Waals surface area contributed by atoms with E-state index in [1.807, 2.05) is 0 Å². The summed E-state index contributed by atoms with van der Waals surface area (Å²) in [6.45, 7) is 0. The van der Waals surface area contributed by atoms with Crippen molar-refractivity contribution >= 4 is 30.9 Å². The smallest absolute Gasteiger partial charge is 0.337 e. The molecule has 1 aromatic carbocycles. The van der Waals surface area contributed by atoms with Crippen LogP contribution in [-0.2, 0) is 9.53 Å². The fourth-order valence-corrected chi connectivity index (χ4v) is 1.08. The number of hydrogen-bond donors (Lipinski definition) is 1. The summed E-state index contributed by atoms with van der Waals surface area (Å²) in [5.74, 6) is -0.445. The molecule has 0 spiro atoms. The third-order valence-corrected chi connectivity index (χ3v) is 1.96. The summed E-state index contributed by atoms with van der Waals surface area (Å²) in [6, 6.07) is 6.43. The maximum absolute atomic E-state index is 11.1. The normalized spacial score (nSPS) is 9.29. The van der Waals surface area contributed by atoms with Gasteiger partial charge >= 0.3 is 5.97 Å². The average Bonchev–Trinajstić information content (AvgIpc) is 2.27. The number of nitrogens with zero attached hydrogens (tertiary/aromatic N) is 1. The van der Waals surface area contributed by atoms with Crippen LogP contribution in [0.3, 0.4) is 0 Å². The number of amides is 1. The van der Waals surface area contributed by atoms with Gasteiger partial charge in [-0.3, -0.25) is 9.10 Å². The molecule has 0 unspecified atom stereocenters. The first kappa shape index (κ1) is 10.6. The maximum atomic E-state index is 11.1. The fourth-order valence-electron chi connectivity index (χ4n) is 0.954. The van der Waals surface area contributed by atoms with Crippen LogP contribution in [0.25, 0.3) is 0 Å². The highest BCUT2D eigenvalue weighted by atomic mass is 32.1. The third-order valence-electron chi connectivity index (χ3n) is 1.63. The second-order valence-corrected chi connectivity index (χ2v) is 2.92. The van der Waals surface area contributed by atoms with Gasteiger partial charge in [0.25, 0.3) is 0 Å². The molecular weight excluding hydrogens is 202 g/mol. The summed E-state index contributed by atoms with van der Waals surface area (Å²) in [5, 5.41) is 0. The van der Waals surface area contributed by atoms with Crippen LogP contribution in [-0.4, -0.2) is 19.5 Å². The molecule has 14 heavy (non-hydrogen) atoms. The molecule has 1 aromatic rings. The molecule has 0 heterocycles. The topological polar surface area (TPSA) is 46.6 Å². The van der Waals surface area contributed by atoms with Gasteiger partial charge in [-0.2, -0.15) is 0 Å². The Kier molecular flexibility index (Phi) is 3.53. The number of benzene rings is 1. The molecule has 0 aliphatic heterocycles. The number of carbonyl (C=O) groups is 2. The predicted molar refractivity (Wildman–Crippen MR) is 55.3 cm³/mol. The molecular formula is C9H9NO3S. The molecule has 0 fully saturated rings. The second-order valence-electron chi connectivity index (χ2n) is 2.49. The number of anilines is 1. The predicted octanol–water partition coefficient (Wildman–Crippen LogP) is 1.28. The number of ether oxygens (including phenoxy) is 1. The van der Waals surface area contributed by atoms with Crippen molar-refractivity contribution in [3.63, 3.8) is 0 Å². The van der Waals surface area contributed by atoms with Crippen LogP contribution in [0, 0.1) is 0 Å². The number of rotatable bonds is 3. The summed E-state index contributed by atoms with van der Waals surface area (Å²) < 4.78 is 5.61. The first-order valence-electron chi connectivity index (χ1n) is 3.81. The van der Waals surface area contributed by atoms with E-state index in [4.69, 9.17) is 0 Å². The number of methoxy groups -OCH3 is 1. The van der Waals surface area contributed by atoms with E-state index in [0.717, 1.165) is 4.31 Å². The monoisotopic (exact) mass is 211 g/mol. The Morgan fingerprint density at radius 3 is 2.86 bits per heavy atom. The highest BCUT2D eigenvalue weighted by Gasteiger charge is 2.07. The lowest BCUT2D eigenvalue weighted by molar-refractivity contribution is -0.106. The summed E-state index contributed by atoms with van der Waals surface area (Å²) in [7, 11) is 1.30. The summed E-state index contributed by atoms with van der Waals surface area (Å²) in [5.41, 5.74) is 0.900. The van der Waals surface area contributed by atoms with Crippen molar-refractivity contribution in [2.45, 2.75) is 0 Å². The van der Waals surface area contributed by atoms with Crippen molar-refractivity contribution in [1.82, 2.24) is 0 Å². The van der Waals surface area contributed by atoms with E-state index in [-0.39, 0.29) is 0 Å². The van der Waals surface area contributed by atoms with Crippen LogP contribution in [0.5, 0.6) is 0 Å². The Bertz CT molecular complexity index is 354. The van der Waals surface area contributed by atoms with Gasteiger partial charge in [0.2, 0.25) is 6.41 Å². The van der Waals surface area contributed by atoms with Crippen molar-refractivity contribution < 1.29 is 14.3 Å². The minimum Gasteiger partial charge on any atom is -0.465 e. The van der Waals surface area contributed by atoms with Gasteiger partial charge in [0.05, 0.1) is 18.4 Å². The zero-order valence-corrected chi connectivity index (χ0v) is 8.40. The first-order valence-corrected chi connectivity index (χ1v) is 4.21. The summed E-state index contributed by atoms with van der Waals surface area (Å²) in [4.78, 5) is 21.5. The molecule has 0 saturated carbocycles. The summed E-state index contributed by atoms with van der Waals surface area (Å²) >= 11 is 3.88. The van der Waals surface area contributed by atoms with Crippen LogP contribution in [0.4, 0.5) is 5.69 Å². The largest absolute Gasteiger partial charge is 0.465 e. The average molecular weight is 211 g/mol. The molecule has 4 nitrogen and oxygen atoms in total. The van der Waals surface area contributed by atoms with Gasteiger partial charge in [-0.1, -0.05) is 18.9 Å². The van der Waals surface area contributed by atoms with Crippen molar-refractivity contribution in [3.8, 4) is 0 Å². The SMILES string of the molecule is COC(=O)c1cccc(N(S)C=O)c1. The van der Waals surface area contributed by atoms with Gasteiger partial charge in [-0.15, -0.1) is 0 Å². The van der Waals surface area contributed by atoms with Crippen molar-refractivity contribution in [1.29, 1.82) is 0 Å². The van der Waals surface area contributed by atoms with Gasteiger partial charge in [0, 0.05) is 0 Å². The number of hydrogen-bond acceptors (Lipinski definition) is 4. The minimum atomic E-state index is -0.445. The molecule has 5 heteroatoms. The fraction of sp³-hybridized carbons (Fsp3) is 0.111. The van der Waals surface area contributed by atoms with Gasteiger partial charge in [0.15, 0.2) is 0 Å². The third kappa shape index (κ3) is 2.26. The highest BCUT2D eigenvalue weighted by Crippen LogP contribution is 2.16. The van der Waals surface area contributed by atoms with Crippen molar-refractivity contribution in [2.24, 2.45) is 0 Å². The Balaban J connectivity index is 3.00. The van der Waals surface area contributed by atoms with Crippen molar-refractivity contribution in [3.05, 3.63) is 29.8 Å². The molecule has 0 atom stereocenters. The van der Waals surface area contributed by atoms with E-state index in [2.05, 4.69) is 17.6 Å². The molecule has 0 aromatic heterocycles. The van der Waals surface area contributed by atoms with Gasteiger partial charge in [0.1, 0.15) is 0 Å². The molecule has 0 N–H and O–H groups in total. The van der Waals surface area contributed by atoms with E-state index in [1.54, 1.807) is 18.2 Å². The molecule has 0 aliphatic rings. The molecule has 1 amide bonds. The zero-order chi connectivity index (χ0) is 10.6. The molecule has 0 saturated heterocycles. The Labute approximate surface area is 87.0 Å². The first-order chi connectivity index (χ1) is 6.69. The van der Waals surface area contributed by atoms with Gasteiger partial charge in [-0.05, 0) is 18.2 Å². The van der Waals surface area contributed by atoms with Crippen LogP contribution in [0.1, 0.15) is 10.4 Å². The quantitative estimate of drug-likeness (QED) is 0.465. The lowest BCUT2D eigenvalue weighted by Gasteiger charge is -2.09. The van der Waals surface area contributed by atoms with E-state index >= 15 is 0 Å². The molecule has 1 rings (SSSR count). The molecule has 0 aliphatic carbocycles. The van der Waals surface area contributed by atoms with Crippen LogP contribution < -0.4 is 4.31 Å². The number of carbonyl (C=O) groups excluding carboxylic acids is 2. The second kappa shape index (κ2) is 4.66. The Morgan fingerprint density at radius 1 is 1.57 bits per heavy atom. The maximum Gasteiger partial charge on any atom is 0.337 e. The van der Waals surface area contributed by atoms with Crippen LogP contribution >= 0.6 is 12.8 Å². The molecule has 0 radical (unpaired) electrons. The van der Waals surface area contributed by atoms with Crippen LogP contribution in [0.2, 0.25) is 0 Å². The standard InChI is InChI=1S/C9H9NO3S/c1-13-9(12)7-3-2-4-8(5-7)10(14)6-11/h2-6,14H,1H3. The summed E-state index contributed by atoms with van der Waals surface area (Å²) in [6.07, 6.45) is 0.541. The highest BCUT2D eigenvalue weighted by molar-refractivity contribution is 7.82. The lowest BCUT2D eigenvalue weighted by atomic mass is 10.2. The van der Waals surface area contributed by atoms with Gasteiger partial charge < -0.3 is 4.74 Å². The van der Waals surface area contributed by atoms with Crippen molar-refractivity contribution in [2.75, 3.05) is 11.4 Å². The van der Waals surface area contributed by atoms with E-state index < -0.39 is 5.97 Å². The number of thiol groups is 1. The van der Waals surface area contributed by atoms with E-state index in [1.165, 1.54) is 13.2 Å². The molecule has 0 bridgehead atoms. The molecule has 74 valence electrons. The van der Waals surface area contributed by atoms with E-state index in [0.29, 0.717) is 17.7 Å². The minimum absolute atomic E-state index is 0.380. The van der Waals surface area contributed by atoms with Gasteiger partial charge in [-0.25, -0.2) is 4.79 Å². The lowest BCUT2D eigenvalue weighted by Crippen LogP contribution is -2.08.